The molecular weight excluding hydrogens is 412 g/mol. The van der Waals surface area contributed by atoms with Gasteiger partial charge in [0.05, 0.1) is 16.7 Å². The van der Waals surface area contributed by atoms with Crippen molar-refractivity contribution >= 4 is 17.6 Å². The average molecular weight is 449 g/mol. The first-order valence-electron chi connectivity index (χ1n) is 10.9. The molecule has 0 aliphatic rings. The minimum atomic E-state index is -0.922. The maximum Gasteiger partial charge on any atom is 0.335 e. The monoisotopic (exact) mass is 448 g/mol. The van der Waals surface area contributed by atoms with Crippen molar-refractivity contribution in [1.82, 2.24) is 0 Å². The molecule has 2 aromatic carbocycles. The van der Waals surface area contributed by atoms with Crippen molar-refractivity contribution in [3.63, 3.8) is 0 Å². The lowest BCUT2D eigenvalue weighted by atomic mass is 9.73. The van der Waals surface area contributed by atoms with Gasteiger partial charge in [-0.15, -0.1) is 0 Å². The lowest BCUT2D eigenvalue weighted by Gasteiger charge is -2.31. The second-order valence-electron chi connectivity index (χ2n) is 8.86. The van der Waals surface area contributed by atoms with Crippen LogP contribution in [0.4, 0.5) is 0 Å². The number of carboxylic acids is 1. The molecule has 172 valence electrons. The van der Waals surface area contributed by atoms with Gasteiger partial charge in [0.1, 0.15) is 12.4 Å². The third kappa shape index (κ3) is 6.47. The Morgan fingerprint density at radius 3 is 2.06 bits per heavy atom. The van der Waals surface area contributed by atoms with Gasteiger partial charge >= 0.3 is 5.97 Å². The molecule has 4 nitrogen and oxygen atoms in total. The van der Waals surface area contributed by atoms with Crippen LogP contribution in [0, 0.1) is 12.3 Å². The van der Waals surface area contributed by atoms with Gasteiger partial charge in [0, 0.05) is 5.41 Å². The van der Waals surface area contributed by atoms with E-state index < -0.39 is 12.1 Å². The number of aryl methyl sites for hydroxylation is 1. The van der Waals surface area contributed by atoms with Crippen molar-refractivity contribution in [2.24, 2.45) is 5.41 Å². The van der Waals surface area contributed by atoms with Gasteiger partial charge in [0.15, 0.2) is 0 Å². The number of aliphatic hydroxyl groups excluding tert-OH is 1. The zero-order chi connectivity index (χ0) is 24.0. The minimum Gasteiger partial charge on any atom is -0.489 e. The molecule has 5 heteroatoms. The molecule has 0 heterocycles. The molecule has 0 saturated carbocycles. The Bertz CT molecular complexity index is 885. The second-order valence-corrected chi connectivity index (χ2v) is 9.27. The van der Waals surface area contributed by atoms with Crippen molar-refractivity contribution < 1.29 is 19.7 Å². The van der Waals surface area contributed by atoms with Crippen molar-refractivity contribution in [3.8, 4) is 5.75 Å². The number of rotatable bonds is 7. The molecule has 0 bridgehead atoms. The third-order valence-electron chi connectivity index (χ3n) is 5.77. The van der Waals surface area contributed by atoms with E-state index in [0.717, 1.165) is 23.1 Å². The Labute approximate surface area is 192 Å². The van der Waals surface area contributed by atoms with Crippen LogP contribution in [-0.2, 0) is 5.41 Å². The SMILES string of the molecule is CC.CCC(C)(c1ccc(C(=O)O)c(C)c1)c1ccc(OCC(O)C(C)(C)C)c(Cl)c1. The summed E-state index contributed by atoms with van der Waals surface area (Å²) in [4.78, 5) is 11.3. The first-order chi connectivity index (χ1) is 14.4. The van der Waals surface area contributed by atoms with Crippen LogP contribution >= 0.6 is 11.6 Å². The molecule has 0 saturated heterocycles. The van der Waals surface area contributed by atoms with Gasteiger partial charge in [0.2, 0.25) is 0 Å². The highest BCUT2D eigenvalue weighted by atomic mass is 35.5. The molecule has 0 aliphatic heterocycles. The van der Waals surface area contributed by atoms with Crippen LogP contribution in [0.25, 0.3) is 0 Å². The number of hydrogen-bond acceptors (Lipinski definition) is 3. The quantitative estimate of drug-likeness (QED) is 0.484. The molecule has 0 amide bonds. The molecule has 2 rings (SSSR count). The van der Waals surface area contributed by atoms with E-state index in [1.807, 2.05) is 71.9 Å². The molecule has 0 radical (unpaired) electrons. The molecule has 0 aliphatic carbocycles. The van der Waals surface area contributed by atoms with Gasteiger partial charge < -0.3 is 14.9 Å². The lowest BCUT2D eigenvalue weighted by Crippen LogP contribution is -2.32. The van der Waals surface area contributed by atoms with Gasteiger partial charge in [-0.3, -0.25) is 0 Å². The van der Waals surface area contributed by atoms with E-state index in [0.29, 0.717) is 16.3 Å². The topological polar surface area (TPSA) is 66.8 Å². The fourth-order valence-electron chi connectivity index (χ4n) is 3.20. The fourth-order valence-corrected chi connectivity index (χ4v) is 3.44. The van der Waals surface area contributed by atoms with Crippen LogP contribution in [0.5, 0.6) is 5.75 Å². The summed E-state index contributed by atoms with van der Waals surface area (Å²) in [5.41, 5.74) is 2.51. The average Bonchev–Trinajstić information content (AvgIpc) is 2.72. The van der Waals surface area contributed by atoms with Gasteiger partial charge in [-0.25, -0.2) is 4.79 Å². The van der Waals surface area contributed by atoms with Crippen molar-refractivity contribution in [2.75, 3.05) is 6.61 Å². The Morgan fingerprint density at radius 2 is 1.61 bits per heavy atom. The number of hydrogen-bond donors (Lipinski definition) is 2. The van der Waals surface area contributed by atoms with Gasteiger partial charge in [-0.1, -0.05) is 78.3 Å². The Kier molecular flexibility index (Phi) is 9.59. The molecular formula is C26H37ClO4. The molecule has 2 aromatic rings. The van der Waals surface area contributed by atoms with E-state index in [4.69, 9.17) is 16.3 Å². The predicted octanol–water partition coefficient (Wildman–Crippen LogP) is 6.87. The van der Waals surface area contributed by atoms with Crippen LogP contribution in [0.15, 0.2) is 36.4 Å². The maximum atomic E-state index is 11.3. The standard InChI is InChI=1S/C24H31ClO4.C2H6/c1-7-24(6,16-8-10-18(22(27)28)15(2)12-16)17-9-11-20(19(25)13-17)29-14-21(26)23(3,4)5;1-2/h8-13,21,26H,7,14H2,1-6H3,(H,27,28);1-2H3. The smallest absolute Gasteiger partial charge is 0.335 e. The summed E-state index contributed by atoms with van der Waals surface area (Å²) in [6.45, 7) is 16.1. The van der Waals surface area contributed by atoms with Crippen LogP contribution in [0.3, 0.4) is 0 Å². The summed E-state index contributed by atoms with van der Waals surface area (Å²) in [6.07, 6.45) is 0.216. The summed E-state index contributed by atoms with van der Waals surface area (Å²) < 4.78 is 5.75. The van der Waals surface area contributed by atoms with E-state index in [9.17, 15) is 15.0 Å². The first kappa shape index (κ1) is 27.0. The van der Waals surface area contributed by atoms with E-state index in [1.54, 1.807) is 6.07 Å². The van der Waals surface area contributed by atoms with Crippen molar-refractivity contribution in [3.05, 3.63) is 63.7 Å². The summed E-state index contributed by atoms with van der Waals surface area (Å²) in [6, 6.07) is 11.2. The summed E-state index contributed by atoms with van der Waals surface area (Å²) in [5, 5.41) is 20.0. The number of halogens is 1. The summed E-state index contributed by atoms with van der Waals surface area (Å²) >= 11 is 6.49. The van der Waals surface area contributed by atoms with Crippen LogP contribution in [0.1, 0.15) is 81.9 Å². The Morgan fingerprint density at radius 1 is 1.06 bits per heavy atom. The highest BCUT2D eigenvalue weighted by Crippen LogP contribution is 2.39. The zero-order valence-corrected chi connectivity index (χ0v) is 20.8. The highest BCUT2D eigenvalue weighted by Gasteiger charge is 2.29. The summed E-state index contributed by atoms with van der Waals surface area (Å²) in [5.74, 6) is -0.385. The molecule has 2 unspecified atom stereocenters. The number of benzene rings is 2. The number of ether oxygens (including phenoxy) is 1. The highest BCUT2D eigenvalue weighted by molar-refractivity contribution is 6.32. The number of aromatic carboxylic acids is 1. The number of aliphatic hydroxyl groups is 1. The molecule has 0 spiro atoms. The van der Waals surface area contributed by atoms with E-state index in [2.05, 4.69) is 13.8 Å². The number of carboxylic acid groups (broad SMARTS) is 1. The van der Waals surface area contributed by atoms with E-state index in [1.165, 1.54) is 0 Å². The van der Waals surface area contributed by atoms with E-state index >= 15 is 0 Å². The third-order valence-corrected chi connectivity index (χ3v) is 6.06. The second kappa shape index (κ2) is 11.0. The molecule has 2 atom stereocenters. The van der Waals surface area contributed by atoms with Crippen LogP contribution in [-0.4, -0.2) is 28.9 Å². The van der Waals surface area contributed by atoms with Gasteiger partial charge in [-0.05, 0) is 53.6 Å². The molecule has 31 heavy (non-hydrogen) atoms. The summed E-state index contributed by atoms with van der Waals surface area (Å²) in [7, 11) is 0. The molecule has 0 aromatic heterocycles. The van der Waals surface area contributed by atoms with E-state index in [-0.39, 0.29) is 17.4 Å². The normalized spacial score (nSPS) is 14.1. The first-order valence-corrected chi connectivity index (χ1v) is 11.2. The molecule has 0 fully saturated rings. The molecule has 2 N–H and O–H groups in total. The fraction of sp³-hybridized carbons (Fsp3) is 0.500. The minimum absolute atomic E-state index is 0.170. The predicted molar refractivity (Wildman–Crippen MR) is 129 cm³/mol. The van der Waals surface area contributed by atoms with Crippen LogP contribution < -0.4 is 4.74 Å². The maximum absolute atomic E-state index is 11.3. The van der Waals surface area contributed by atoms with Gasteiger partial charge in [-0.2, -0.15) is 0 Å². The lowest BCUT2D eigenvalue weighted by molar-refractivity contribution is 0.0218. The largest absolute Gasteiger partial charge is 0.489 e. The van der Waals surface area contributed by atoms with Crippen LogP contribution in [0.2, 0.25) is 5.02 Å². The number of carbonyl (C=O) groups is 1. The van der Waals surface area contributed by atoms with Crippen molar-refractivity contribution in [1.29, 1.82) is 0 Å². The van der Waals surface area contributed by atoms with Crippen molar-refractivity contribution in [2.45, 2.75) is 73.3 Å². The Hall–Kier alpha value is -2.04. The zero-order valence-electron chi connectivity index (χ0n) is 20.0. The Balaban J connectivity index is 0.00000233. The van der Waals surface area contributed by atoms with Gasteiger partial charge in [0.25, 0.3) is 0 Å².